The van der Waals surface area contributed by atoms with Gasteiger partial charge in [0.15, 0.2) is 0 Å². The lowest BCUT2D eigenvalue weighted by Gasteiger charge is -2.27. The van der Waals surface area contributed by atoms with Gasteiger partial charge in [0.2, 0.25) is 0 Å². The Hall–Kier alpha value is -1.61. The van der Waals surface area contributed by atoms with Crippen LogP contribution in [0.15, 0.2) is 42.6 Å². The summed E-state index contributed by atoms with van der Waals surface area (Å²) < 4.78 is 1.99. The first-order valence-electron chi connectivity index (χ1n) is 7.39. The molecule has 0 saturated heterocycles. The third-order valence-electron chi connectivity index (χ3n) is 3.83. The van der Waals surface area contributed by atoms with Gasteiger partial charge in [-0.25, -0.2) is 0 Å². The van der Waals surface area contributed by atoms with E-state index in [4.69, 9.17) is 5.73 Å². The fourth-order valence-corrected chi connectivity index (χ4v) is 2.43. The molecular weight excluding hydrogens is 246 g/mol. The maximum Gasteiger partial charge on any atom is 0.0643 e. The molecule has 1 unspecified atom stereocenters. The standard InChI is InChI=1S/C17H25N3/c1-4-17(18,12-15-8-6-5-7-9-15)13-16-10-11-20(19-16)14(2)3/h5-11,14H,4,12-13,18H2,1-3H3. The van der Waals surface area contributed by atoms with E-state index >= 15 is 0 Å². The summed E-state index contributed by atoms with van der Waals surface area (Å²) in [5, 5.41) is 4.62. The molecule has 1 aromatic heterocycles. The molecule has 1 aromatic carbocycles. The molecule has 2 rings (SSSR count). The van der Waals surface area contributed by atoms with Crippen molar-refractivity contribution in [2.45, 2.75) is 51.6 Å². The predicted octanol–water partition coefficient (Wildman–Crippen LogP) is 3.36. The minimum absolute atomic E-state index is 0.225. The van der Waals surface area contributed by atoms with Crippen LogP contribution in [0.1, 0.15) is 44.5 Å². The highest BCUT2D eigenvalue weighted by atomic mass is 15.3. The largest absolute Gasteiger partial charge is 0.324 e. The Labute approximate surface area is 121 Å². The average molecular weight is 271 g/mol. The first-order valence-corrected chi connectivity index (χ1v) is 7.39. The summed E-state index contributed by atoms with van der Waals surface area (Å²) in [6.45, 7) is 6.43. The molecule has 0 bridgehead atoms. The molecular formula is C17H25N3. The van der Waals surface area contributed by atoms with Gasteiger partial charge in [-0.05, 0) is 38.3 Å². The zero-order valence-electron chi connectivity index (χ0n) is 12.7. The average Bonchev–Trinajstić information content (AvgIpc) is 2.88. The summed E-state index contributed by atoms with van der Waals surface area (Å²) in [7, 11) is 0. The summed E-state index contributed by atoms with van der Waals surface area (Å²) in [5.74, 6) is 0. The van der Waals surface area contributed by atoms with Gasteiger partial charge in [-0.3, -0.25) is 4.68 Å². The molecule has 2 aromatic rings. The molecule has 2 N–H and O–H groups in total. The van der Waals surface area contributed by atoms with Gasteiger partial charge in [0.25, 0.3) is 0 Å². The lowest BCUT2D eigenvalue weighted by Crippen LogP contribution is -2.43. The second kappa shape index (κ2) is 6.23. The number of rotatable bonds is 6. The van der Waals surface area contributed by atoms with Gasteiger partial charge in [0, 0.05) is 24.2 Å². The van der Waals surface area contributed by atoms with E-state index in [1.807, 2.05) is 16.9 Å². The lowest BCUT2D eigenvalue weighted by atomic mass is 9.85. The first kappa shape index (κ1) is 14.8. The Bertz CT molecular complexity index is 530. The van der Waals surface area contributed by atoms with Gasteiger partial charge < -0.3 is 5.73 Å². The van der Waals surface area contributed by atoms with Crippen LogP contribution in [0.4, 0.5) is 0 Å². The zero-order chi connectivity index (χ0) is 14.6. The normalized spacial score (nSPS) is 14.4. The topological polar surface area (TPSA) is 43.8 Å². The van der Waals surface area contributed by atoms with Crippen LogP contribution >= 0.6 is 0 Å². The van der Waals surface area contributed by atoms with Crippen molar-refractivity contribution in [3.05, 3.63) is 53.9 Å². The highest BCUT2D eigenvalue weighted by Crippen LogP contribution is 2.20. The molecule has 3 heteroatoms. The van der Waals surface area contributed by atoms with E-state index in [1.165, 1.54) is 5.56 Å². The van der Waals surface area contributed by atoms with E-state index < -0.39 is 0 Å². The monoisotopic (exact) mass is 271 g/mol. The summed E-state index contributed by atoms with van der Waals surface area (Å²) >= 11 is 0. The van der Waals surface area contributed by atoms with Gasteiger partial charge >= 0.3 is 0 Å². The quantitative estimate of drug-likeness (QED) is 0.875. The zero-order valence-corrected chi connectivity index (χ0v) is 12.7. The number of nitrogens with zero attached hydrogens (tertiary/aromatic N) is 2. The van der Waals surface area contributed by atoms with E-state index in [0.717, 1.165) is 25.0 Å². The third kappa shape index (κ3) is 3.70. The van der Waals surface area contributed by atoms with Crippen LogP contribution in [-0.2, 0) is 12.8 Å². The number of nitrogens with two attached hydrogens (primary N) is 1. The number of benzene rings is 1. The van der Waals surface area contributed by atoms with Gasteiger partial charge in [-0.1, -0.05) is 37.3 Å². The van der Waals surface area contributed by atoms with E-state index in [1.54, 1.807) is 0 Å². The van der Waals surface area contributed by atoms with Crippen molar-refractivity contribution in [2.75, 3.05) is 0 Å². The van der Waals surface area contributed by atoms with Crippen molar-refractivity contribution in [2.24, 2.45) is 5.73 Å². The van der Waals surface area contributed by atoms with Crippen LogP contribution < -0.4 is 5.73 Å². The Morgan fingerprint density at radius 3 is 2.40 bits per heavy atom. The highest BCUT2D eigenvalue weighted by molar-refractivity contribution is 5.19. The number of hydrogen-bond donors (Lipinski definition) is 1. The second-order valence-corrected chi connectivity index (χ2v) is 5.94. The van der Waals surface area contributed by atoms with Crippen LogP contribution in [0, 0.1) is 0 Å². The van der Waals surface area contributed by atoms with Gasteiger partial charge in [-0.15, -0.1) is 0 Å². The molecule has 108 valence electrons. The minimum atomic E-state index is -0.225. The van der Waals surface area contributed by atoms with Crippen molar-refractivity contribution in [1.29, 1.82) is 0 Å². The minimum Gasteiger partial charge on any atom is -0.324 e. The van der Waals surface area contributed by atoms with Crippen molar-refractivity contribution >= 4 is 0 Å². The van der Waals surface area contributed by atoms with Gasteiger partial charge in [0.1, 0.15) is 0 Å². The number of hydrogen-bond acceptors (Lipinski definition) is 2. The van der Waals surface area contributed by atoms with Crippen LogP contribution in [0.5, 0.6) is 0 Å². The molecule has 0 fully saturated rings. The third-order valence-corrected chi connectivity index (χ3v) is 3.83. The Morgan fingerprint density at radius 2 is 1.85 bits per heavy atom. The van der Waals surface area contributed by atoms with Crippen molar-refractivity contribution in [3.63, 3.8) is 0 Å². The van der Waals surface area contributed by atoms with Crippen LogP contribution in [0.2, 0.25) is 0 Å². The van der Waals surface area contributed by atoms with E-state index in [0.29, 0.717) is 6.04 Å². The van der Waals surface area contributed by atoms with Gasteiger partial charge in [0.05, 0.1) is 5.69 Å². The second-order valence-electron chi connectivity index (χ2n) is 5.94. The molecule has 0 aliphatic carbocycles. The fourth-order valence-electron chi connectivity index (χ4n) is 2.43. The van der Waals surface area contributed by atoms with Crippen molar-refractivity contribution in [3.8, 4) is 0 Å². The number of aromatic nitrogens is 2. The summed E-state index contributed by atoms with van der Waals surface area (Å²) in [5.41, 5.74) is 8.75. The molecule has 0 saturated carbocycles. The Balaban J connectivity index is 2.10. The smallest absolute Gasteiger partial charge is 0.0643 e. The summed E-state index contributed by atoms with van der Waals surface area (Å²) in [6.07, 6.45) is 4.69. The molecule has 0 aliphatic rings. The SMILES string of the molecule is CCC(N)(Cc1ccccc1)Cc1ccn(C(C)C)n1. The highest BCUT2D eigenvalue weighted by Gasteiger charge is 2.25. The van der Waals surface area contributed by atoms with Crippen LogP contribution in [0.25, 0.3) is 0 Å². The van der Waals surface area contributed by atoms with Crippen LogP contribution in [-0.4, -0.2) is 15.3 Å². The maximum absolute atomic E-state index is 6.60. The molecule has 0 spiro atoms. The molecule has 0 amide bonds. The van der Waals surface area contributed by atoms with Crippen molar-refractivity contribution in [1.82, 2.24) is 9.78 Å². The molecule has 0 aliphatic heterocycles. The maximum atomic E-state index is 6.60. The molecule has 3 nitrogen and oxygen atoms in total. The molecule has 1 atom stereocenters. The van der Waals surface area contributed by atoms with E-state index in [-0.39, 0.29) is 5.54 Å². The first-order chi connectivity index (χ1) is 9.52. The predicted molar refractivity (Wildman–Crippen MR) is 83.7 cm³/mol. The lowest BCUT2D eigenvalue weighted by molar-refractivity contribution is 0.396. The molecule has 1 heterocycles. The van der Waals surface area contributed by atoms with Crippen molar-refractivity contribution < 1.29 is 0 Å². The van der Waals surface area contributed by atoms with Gasteiger partial charge in [-0.2, -0.15) is 5.10 Å². The Morgan fingerprint density at radius 1 is 1.15 bits per heavy atom. The Kier molecular flexibility index (Phi) is 4.61. The summed E-state index contributed by atoms with van der Waals surface area (Å²) in [6, 6.07) is 12.9. The molecule has 0 radical (unpaired) electrons. The molecule has 20 heavy (non-hydrogen) atoms. The van der Waals surface area contributed by atoms with Crippen LogP contribution in [0.3, 0.4) is 0 Å². The van der Waals surface area contributed by atoms with E-state index in [2.05, 4.69) is 56.2 Å². The summed E-state index contributed by atoms with van der Waals surface area (Å²) in [4.78, 5) is 0. The van der Waals surface area contributed by atoms with E-state index in [9.17, 15) is 0 Å². The fraction of sp³-hybridized carbons (Fsp3) is 0.471.